The van der Waals surface area contributed by atoms with Crippen LogP contribution in [0.1, 0.15) is 13.8 Å². The molecule has 0 spiro atoms. The molecule has 122 valence electrons. The third-order valence-electron chi connectivity index (χ3n) is 3.27. The van der Waals surface area contributed by atoms with Crippen molar-refractivity contribution in [3.05, 3.63) is 0 Å². The lowest BCUT2D eigenvalue weighted by atomic mass is 10.2. The highest BCUT2D eigenvalue weighted by Crippen LogP contribution is 2.17. The first-order chi connectivity index (χ1) is 9.64. The van der Waals surface area contributed by atoms with Crippen molar-refractivity contribution in [2.45, 2.75) is 31.3 Å². The average Bonchev–Trinajstić information content (AvgIpc) is 2.60. The van der Waals surface area contributed by atoms with Crippen LogP contribution in [0.5, 0.6) is 0 Å². The minimum absolute atomic E-state index is 0.00510. The molecule has 2 atom stereocenters. The molecule has 7 nitrogen and oxygen atoms in total. The second-order valence-electron chi connectivity index (χ2n) is 5.34. The molecule has 9 heteroatoms. The summed E-state index contributed by atoms with van der Waals surface area (Å²) < 4.78 is 27.5. The van der Waals surface area contributed by atoms with Gasteiger partial charge in [0.2, 0.25) is 5.91 Å². The minimum atomic E-state index is -3.19. The first-order valence-corrected chi connectivity index (χ1v) is 8.85. The normalized spacial score (nSPS) is 24.3. The Labute approximate surface area is 129 Å². The van der Waals surface area contributed by atoms with Crippen molar-refractivity contribution in [1.82, 2.24) is 10.2 Å². The molecule has 0 aromatic heterocycles. The molecule has 0 radical (unpaired) electrons. The number of hydrogen-bond acceptors (Lipinski definition) is 6. The Morgan fingerprint density at radius 2 is 1.95 bits per heavy atom. The first-order valence-electron chi connectivity index (χ1n) is 6.59. The lowest BCUT2D eigenvalue weighted by Gasteiger charge is -2.25. The van der Waals surface area contributed by atoms with Gasteiger partial charge >= 0.3 is 5.97 Å². The van der Waals surface area contributed by atoms with Gasteiger partial charge in [0, 0.05) is 6.04 Å². The molecule has 1 aliphatic rings. The maximum absolute atomic E-state index is 12.0. The molecule has 0 aromatic rings. The molecule has 1 amide bonds. The van der Waals surface area contributed by atoms with Crippen molar-refractivity contribution in [1.29, 1.82) is 0 Å². The van der Waals surface area contributed by atoms with Crippen molar-refractivity contribution in [2.75, 3.05) is 31.7 Å². The third kappa shape index (κ3) is 5.80. The van der Waals surface area contributed by atoms with Gasteiger partial charge in [-0.3, -0.25) is 14.5 Å². The highest BCUT2D eigenvalue weighted by Gasteiger charge is 2.37. The zero-order valence-corrected chi connectivity index (χ0v) is 13.9. The number of ether oxygens (including phenoxy) is 1. The SMILES string of the molecule is COC(=O)CN(CC(=O)NC1CS(=O)(=O)CC1Cl)C(C)C. The maximum atomic E-state index is 12.0. The molecule has 1 heterocycles. The average molecular weight is 341 g/mol. The zero-order valence-electron chi connectivity index (χ0n) is 12.3. The Kier molecular flexibility index (Phi) is 6.42. The maximum Gasteiger partial charge on any atom is 0.319 e. The van der Waals surface area contributed by atoms with Crippen molar-refractivity contribution in [3.63, 3.8) is 0 Å². The van der Waals surface area contributed by atoms with Gasteiger partial charge in [-0.1, -0.05) is 0 Å². The number of nitrogens with one attached hydrogen (secondary N) is 1. The van der Waals surface area contributed by atoms with Crippen molar-refractivity contribution in [3.8, 4) is 0 Å². The van der Waals surface area contributed by atoms with Crippen LogP contribution >= 0.6 is 11.6 Å². The quantitative estimate of drug-likeness (QED) is 0.512. The van der Waals surface area contributed by atoms with Gasteiger partial charge in [0.15, 0.2) is 9.84 Å². The van der Waals surface area contributed by atoms with Crippen LogP contribution in [0, 0.1) is 0 Å². The van der Waals surface area contributed by atoms with E-state index >= 15 is 0 Å². The Hall–Kier alpha value is -0.860. The number of carbonyl (C=O) groups is 2. The number of halogens is 1. The van der Waals surface area contributed by atoms with E-state index in [1.165, 1.54) is 7.11 Å². The summed E-state index contributed by atoms with van der Waals surface area (Å²) in [6, 6.07) is -0.620. The van der Waals surface area contributed by atoms with Gasteiger partial charge in [-0.15, -0.1) is 11.6 Å². The fraction of sp³-hybridized carbons (Fsp3) is 0.833. The van der Waals surface area contributed by atoms with Gasteiger partial charge in [-0.25, -0.2) is 8.42 Å². The summed E-state index contributed by atoms with van der Waals surface area (Å²) in [6.45, 7) is 3.67. The summed E-state index contributed by atoms with van der Waals surface area (Å²) in [5.41, 5.74) is 0. The smallest absolute Gasteiger partial charge is 0.319 e. The summed E-state index contributed by atoms with van der Waals surface area (Å²) in [5, 5.41) is 2.00. The molecule has 1 saturated heterocycles. The number of methoxy groups -OCH3 is 1. The number of hydrogen-bond donors (Lipinski definition) is 1. The number of rotatable bonds is 6. The summed E-state index contributed by atoms with van der Waals surface area (Å²) >= 11 is 5.93. The topological polar surface area (TPSA) is 92.8 Å². The van der Waals surface area contributed by atoms with Crippen LogP contribution in [-0.4, -0.2) is 74.4 Å². The fourth-order valence-corrected chi connectivity index (χ4v) is 4.58. The largest absolute Gasteiger partial charge is 0.468 e. The fourth-order valence-electron chi connectivity index (χ4n) is 2.03. The van der Waals surface area contributed by atoms with Crippen LogP contribution in [0.25, 0.3) is 0 Å². The molecule has 0 saturated carbocycles. The molecule has 1 aliphatic heterocycles. The molecule has 2 unspecified atom stereocenters. The highest BCUT2D eigenvalue weighted by atomic mass is 35.5. The Morgan fingerprint density at radius 1 is 1.33 bits per heavy atom. The second-order valence-corrected chi connectivity index (χ2v) is 8.06. The van der Waals surface area contributed by atoms with Gasteiger partial charge in [0.25, 0.3) is 0 Å². The third-order valence-corrected chi connectivity index (χ3v) is 5.64. The van der Waals surface area contributed by atoms with Crippen molar-refractivity contribution >= 4 is 33.3 Å². The van der Waals surface area contributed by atoms with Crippen LogP contribution in [0.2, 0.25) is 0 Å². The van der Waals surface area contributed by atoms with E-state index in [9.17, 15) is 18.0 Å². The molecular weight excluding hydrogens is 320 g/mol. The van der Waals surface area contributed by atoms with Crippen LogP contribution in [0.4, 0.5) is 0 Å². The Morgan fingerprint density at radius 3 is 2.38 bits per heavy atom. The molecule has 1 N–H and O–H groups in total. The lowest BCUT2D eigenvalue weighted by Crippen LogP contribution is -2.48. The number of esters is 1. The first kappa shape index (κ1) is 18.2. The van der Waals surface area contributed by atoms with Gasteiger partial charge in [0.05, 0.1) is 43.1 Å². The number of carbonyl (C=O) groups excluding carboxylic acids is 2. The summed E-state index contributed by atoms with van der Waals surface area (Å²) in [7, 11) is -1.91. The molecule has 21 heavy (non-hydrogen) atoms. The monoisotopic (exact) mass is 340 g/mol. The van der Waals surface area contributed by atoms with E-state index in [-0.39, 0.29) is 36.5 Å². The number of alkyl halides is 1. The van der Waals surface area contributed by atoms with Gasteiger partial charge in [-0.05, 0) is 13.8 Å². The minimum Gasteiger partial charge on any atom is -0.468 e. The second kappa shape index (κ2) is 7.42. The number of amides is 1. The Balaban J connectivity index is 2.56. The predicted octanol–water partition coefficient (Wildman–Crippen LogP) is -0.610. The van der Waals surface area contributed by atoms with E-state index in [1.807, 2.05) is 13.8 Å². The van der Waals surface area contributed by atoms with Gasteiger partial charge in [0.1, 0.15) is 0 Å². The van der Waals surface area contributed by atoms with E-state index in [2.05, 4.69) is 10.1 Å². The zero-order chi connectivity index (χ0) is 16.2. The van der Waals surface area contributed by atoms with Crippen LogP contribution in [0.15, 0.2) is 0 Å². The van der Waals surface area contributed by atoms with E-state index in [4.69, 9.17) is 11.6 Å². The lowest BCUT2D eigenvalue weighted by molar-refractivity contribution is -0.142. The standard InChI is InChI=1S/C12H21ClN2O5S/c1-8(2)15(5-12(17)20-3)4-11(16)14-10-7-21(18,19)6-9(10)13/h8-10H,4-7H2,1-3H3,(H,14,16). The summed E-state index contributed by atoms with van der Waals surface area (Å²) in [5.74, 6) is -1.07. The molecule has 0 bridgehead atoms. The molecule has 0 aromatic carbocycles. The van der Waals surface area contributed by atoms with Crippen LogP contribution < -0.4 is 5.32 Å². The Bertz CT molecular complexity index is 494. The van der Waals surface area contributed by atoms with Crippen LogP contribution in [0.3, 0.4) is 0 Å². The van der Waals surface area contributed by atoms with Gasteiger partial charge in [-0.2, -0.15) is 0 Å². The number of sulfone groups is 1. The molecule has 1 rings (SSSR count). The van der Waals surface area contributed by atoms with Crippen molar-refractivity contribution in [2.24, 2.45) is 0 Å². The number of nitrogens with zero attached hydrogens (tertiary/aromatic N) is 1. The summed E-state index contributed by atoms with van der Waals surface area (Å²) in [6.07, 6.45) is 0. The van der Waals surface area contributed by atoms with Crippen LogP contribution in [-0.2, 0) is 24.2 Å². The van der Waals surface area contributed by atoms with E-state index in [0.29, 0.717) is 0 Å². The molecule has 1 fully saturated rings. The molecule has 0 aliphatic carbocycles. The van der Waals surface area contributed by atoms with Crippen molar-refractivity contribution < 1.29 is 22.7 Å². The highest BCUT2D eigenvalue weighted by molar-refractivity contribution is 7.91. The summed E-state index contributed by atoms with van der Waals surface area (Å²) in [4.78, 5) is 24.9. The molecular formula is C12H21ClN2O5S. The predicted molar refractivity (Wildman–Crippen MR) is 79.0 cm³/mol. The van der Waals surface area contributed by atoms with E-state index in [1.54, 1.807) is 4.90 Å². The van der Waals surface area contributed by atoms with E-state index in [0.717, 1.165) is 0 Å². The van der Waals surface area contributed by atoms with Gasteiger partial charge < -0.3 is 10.1 Å². The van der Waals surface area contributed by atoms with E-state index < -0.39 is 27.2 Å².